The van der Waals surface area contributed by atoms with Gasteiger partial charge in [0, 0.05) is 22.3 Å². The summed E-state index contributed by atoms with van der Waals surface area (Å²) in [6.45, 7) is 0. The average Bonchev–Trinajstić information content (AvgIpc) is 3.22. The van der Waals surface area contributed by atoms with E-state index < -0.39 is 21.7 Å². The molecule has 0 radical (unpaired) electrons. The summed E-state index contributed by atoms with van der Waals surface area (Å²) >= 11 is 5.83. The quantitative estimate of drug-likeness (QED) is 0.372. The molecule has 32 heavy (non-hydrogen) atoms. The molecule has 164 valence electrons. The Bertz CT molecular complexity index is 1420. The van der Waals surface area contributed by atoms with Gasteiger partial charge < -0.3 is 15.0 Å². The van der Waals surface area contributed by atoms with E-state index in [2.05, 4.69) is 15.0 Å². The lowest BCUT2D eigenvalue weighted by molar-refractivity contribution is 0.0977. The van der Waals surface area contributed by atoms with E-state index in [0.29, 0.717) is 28.0 Å². The topological polar surface area (TPSA) is 100 Å². The van der Waals surface area contributed by atoms with Crippen LogP contribution in [-0.4, -0.2) is 26.4 Å². The number of sulfonamides is 1. The number of carbonyl (C=O) groups is 1. The largest absolute Gasteiger partial charge is 0.497 e. The van der Waals surface area contributed by atoms with Crippen LogP contribution in [0.4, 0.5) is 15.8 Å². The van der Waals surface area contributed by atoms with E-state index in [1.165, 1.54) is 55.6 Å². The molecule has 4 aromatic rings. The van der Waals surface area contributed by atoms with Gasteiger partial charge in [-0.05, 0) is 60.7 Å². The van der Waals surface area contributed by atoms with Crippen LogP contribution in [-0.2, 0) is 10.0 Å². The number of halogens is 2. The summed E-state index contributed by atoms with van der Waals surface area (Å²) in [6.07, 6.45) is 0. The van der Waals surface area contributed by atoms with Crippen LogP contribution in [0.5, 0.6) is 5.75 Å². The second-order valence-corrected chi connectivity index (χ2v) is 8.90. The van der Waals surface area contributed by atoms with E-state index in [4.69, 9.17) is 16.3 Å². The second kappa shape index (κ2) is 8.52. The molecule has 0 aliphatic heterocycles. The Labute approximate surface area is 188 Å². The van der Waals surface area contributed by atoms with Crippen molar-refractivity contribution in [2.45, 2.75) is 4.90 Å². The van der Waals surface area contributed by atoms with Crippen LogP contribution < -0.4 is 14.8 Å². The minimum absolute atomic E-state index is 0.0277. The zero-order valence-corrected chi connectivity index (χ0v) is 18.2. The predicted molar refractivity (Wildman–Crippen MR) is 121 cm³/mol. The maximum Gasteiger partial charge on any atom is 0.281 e. The van der Waals surface area contributed by atoms with Crippen LogP contribution in [0.2, 0.25) is 5.02 Å². The maximum absolute atomic E-state index is 13.4. The van der Waals surface area contributed by atoms with E-state index in [-0.39, 0.29) is 15.6 Å². The number of rotatable bonds is 6. The molecule has 0 saturated heterocycles. The summed E-state index contributed by atoms with van der Waals surface area (Å²) in [5, 5.41) is 3.73. The smallest absolute Gasteiger partial charge is 0.281 e. The van der Waals surface area contributed by atoms with Gasteiger partial charge in [0.25, 0.3) is 15.9 Å². The van der Waals surface area contributed by atoms with Crippen LogP contribution >= 0.6 is 11.6 Å². The first-order valence-corrected chi connectivity index (χ1v) is 11.2. The van der Waals surface area contributed by atoms with Gasteiger partial charge in [-0.3, -0.25) is 4.79 Å². The van der Waals surface area contributed by atoms with Crippen LogP contribution in [0.15, 0.2) is 71.6 Å². The zero-order chi connectivity index (χ0) is 22.9. The van der Waals surface area contributed by atoms with Crippen molar-refractivity contribution in [3.8, 4) is 5.75 Å². The number of aromatic nitrogens is 1. The Hall–Kier alpha value is -3.56. The number of aromatic amines is 1. The SMILES string of the molecule is COc1ccc(S(=O)(=O)NC(=O)c2cc3c(Nc4ccc(F)c(Cl)c4)cccc3[nH]2)cc1. The minimum atomic E-state index is -4.08. The van der Waals surface area contributed by atoms with E-state index in [0.717, 1.165) is 0 Å². The van der Waals surface area contributed by atoms with Crippen molar-refractivity contribution in [3.63, 3.8) is 0 Å². The summed E-state index contributed by atoms with van der Waals surface area (Å²) in [6, 6.07) is 16.7. The van der Waals surface area contributed by atoms with Gasteiger partial charge in [-0.1, -0.05) is 17.7 Å². The number of benzene rings is 3. The Morgan fingerprint density at radius 2 is 1.81 bits per heavy atom. The number of anilines is 2. The molecule has 3 N–H and O–H groups in total. The molecular weight excluding hydrogens is 457 g/mol. The first-order valence-electron chi connectivity index (χ1n) is 9.32. The first-order chi connectivity index (χ1) is 15.3. The van der Waals surface area contributed by atoms with Gasteiger partial charge in [0.05, 0.1) is 17.0 Å². The highest BCUT2D eigenvalue weighted by molar-refractivity contribution is 7.90. The van der Waals surface area contributed by atoms with Crippen LogP contribution in [0, 0.1) is 5.82 Å². The van der Waals surface area contributed by atoms with E-state index in [9.17, 15) is 17.6 Å². The Balaban J connectivity index is 1.60. The number of fused-ring (bicyclic) bond motifs is 1. The molecule has 1 amide bonds. The number of hydrogen-bond donors (Lipinski definition) is 3. The fourth-order valence-electron chi connectivity index (χ4n) is 3.11. The lowest BCUT2D eigenvalue weighted by Crippen LogP contribution is -2.30. The first kappa shape index (κ1) is 21.7. The third kappa shape index (κ3) is 4.39. The van der Waals surface area contributed by atoms with Crippen LogP contribution in [0.25, 0.3) is 10.9 Å². The van der Waals surface area contributed by atoms with Crippen molar-refractivity contribution in [1.82, 2.24) is 9.71 Å². The molecule has 7 nitrogen and oxygen atoms in total. The zero-order valence-electron chi connectivity index (χ0n) is 16.6. The summed E-state index contributed by atoms with van der Waals surface area (Å²) in [5.74, 6) is -0.852. The van der Waals surface area contributed by atoms with Gasteiger partial charge in [-0.2, -0.15) is 0 Å². The monoisotopic (exact) mass is 473 g/mol. The molecule has 1 aromatic heterocycles. The maximum atomic E-state index is 13.4. The van der Waals surface area contributed by atoms with Crippen LogP contribution in [0.3, 0.4) is 0 Å². The van der Waals surface area contributed by atoms with Gasteiger partial charge in [-0.25, -0.2) is 17.5 Å². The Morgan fingerprint density at radius 3 is 2.50 bits per heavy atom. The van der Waals surface area contributed by atoms with Gasteiger partial charge >= 0.3 is 0 Å². The molecule has 3 aromatic carbocycles. The average molecular weight is 474 g/mol. The molecule has 10 heteroatoms. The standard InChI is InChI=1S/C22H17ClFN3O4S/c1-31-14-6-8-15(9-7-14)32(29,30)27-22(28)21-12-16-19(3-2-4-20(16)26-21)25-13-5-10-18(24)17(23)11-13/h2-12,25-26H,1H3,(H,27,28). The normalized spacial score (nSPS) is 11.3. The van der Waals surface area contributed by atoms with E-state index in [1.807, 2.05) is 0 Å². The molecule has 0 fully saturated rings. The molecule has 0 saturated carbocycles. The van der Waals surface area contributed by atoms with E-state index in [1.54, 1.807) is 18.2 Å². The number of ether oxygens (including phenoxy) is 1. The molecule has 0 unspecified atom stereocenters. The van der Waals surface area contributed by atoms with Gasteiger partial charge in [0.2, 0.25) is 0 Å². The Kier molecular flexibility index (Phi) is 5.77. The highest BCUT2D eigenvalue weighted by Gasteiger charge is 2.20. The number of amides is 1. The summed E-state index contributed by atoms with van der Waals surface area (Å²) in [5.41, 5.74) is 1.84. The molecule has 0 aliphatic carbocycles. The van der Waals surface area contributed by atoms with Gasteiger partial charge in [0.1, 0.15) is 17.3 Å². The third-order valence-electron chi connectivity index (χ3n) is 4.70. The molecule has 1 heterocycles. The number of nitrogens with one attached hydrogen (secondary N) is 3. The molecule has 0 atom stereocenters. The number of H-pyrrole nitrogens is 1. The van der Waals surface area contributed by atoms with Crippen molar-refractivity contribution in [2.24, 2.45) is 0 Å². The second-order valence-electron chi connectivity index (χ2n) is 6.81. The minimum Gasteiger partial charge on any atom is -0.497 e. The lowest BCUT2D eigenvalue weighted by Gasteiger charge is -2.08. The van der Waals surface area contributed by atoms with E-state index >= 15 is 0 Å². The van der Waals surface area contributed by atoms with Gasteiger partial charge in [0.15, 0.2) is 0 Å². The predicted octanol–water partition coefficient (Wildman–Crippen LogP) is 4.83. The molecule has 4 rings (SSSR count). The van der Waals surface area contributed by atoms with Crippen molar-refractivity contribution in [2.75, 3.05) is 12.4 Å². The van der Waals surface area contributed by atoms with Crippen molar-refractivity contribution >= 4 is 49.8 Å². The van der Waals surface area contributed by atoms with Crippen molar-refractivity contribution in [1.29, 1.82) is 0 Å². The number of carbonyl (C=O) groups excluding carboxylic acids is 1. The highest BCUT2D eigenvalue weighted by Crippen LogP contribution is 2.29. The molecular formula is C22H17ClFN3O4S. The Morgan fingerprint density at radius 1 is 1.06 bits per heavy atom. The summed E-state index contributed by atoms with van der Waals surface area (Å²) in [7, 11) is -2.61. The number of methoxy groups -OCH3 is 1. The van der Waals surface area contributed by atoms with Crippen LogP contribution in [0.1, 0.15) is 10.5 Å². The fourth-order valence-corrected chi connectivity index (χ4v) is 4.25. The lowest BCUT2D eigenvalue weighted by atomic mass is 10.2. The van der Waals surface area contributed by atoms with Gasteiger partial charge in [-0.15, -0.1) is 0 Å². The molecule has 0 spiro atoms. The van der Waals surface area contributed by atoms with Crippen molar-refractivity contribution < 1.29 is 22.3 Å². The van der Waals surface area contributed by atoms with Crippen molar-refractivity contribution in [3.05, 3.63) is 83.3 Å². The molecule has 0 bridgehead atoms. The summed E-state index contributed by atoms with van der Waals surface area (Å²) < 4.78 is 45.6. The highest BCUT2D eigenvalue weighted by atomic mass is 35.5. The summed E-state index contributed by atoms with van der Waals surface area (Å²) in [4.78, 5) is 15.5. The third-order valence-corrected chi connectivity index (χ3v) is 6.34. The number of hydrogen-bond acceptors (Lipinski definition) is 5. The fraction of sp³-hybridized carbons (Fsp3) is 0.0455. The molecule has 0 aliphatic rings.